The zero-order valence-corrected chi connectivity index (χ0v) is 10.5. The number of nitrogens with two attached hydrogens (primary N) is 2. The lowest BCUT2D eigenvalue weighted by Crippen LogP contribution is -2.32. The van der Waals surface area contributed by atoms with E-state index in [2.05, 4.69) is 0 Å². The maximum Gasteiger partial charge on any atom is 0.254 e. The highest BCUT2D eigenvalue weighted by atomic mass is 16.2. The van der Waals surface area contributed by atoms with E-state index in [1.807, 2.05) is 12.1 Å². The first-order valence-electron chi connectivity index (χ1n) is 5.77. The van der Waals surface area contributed by atoms with E-state index in [1.165, 1.54) is 17.0 Å². The summed E-state index contributed by atoms with van der Waals surface area (Å²) in [6.45, 7) is 0.567. The van der Waals surface area contributed by atoms with Gasteiger partial charge in [0.1, 0.15) is 0 Å². The first-order chi connectivity index (χ1) is 9.08. The Bertz CT molecular complexity index is 503. The van der Waals surface area contributed by atoms with Crippen LogP contribution in [-0.4, -0.2) is 23.9 Å². The summed E-state index contributed by atoms with van der Waals surface area (Å²) in [6.07, 6.45) is 0.434. The van der Waals surface area contributed by atoms with Crippen LogP contribution in [0.3, 0.4) is 0 Å². The van der Waals surface area contributed by atoms with Crippen LogP contribution in [0, 0.1) is 22.7 Å². The van der Waals surface area contributed by atoms with Crippen molar-refractivity contribution < 1.29 is 4.79 Å². The summed E-state index contributed by atoms with van der Waals surface area (Å²) >= 11 is 0. The molecule has 0 aliphatic heterocycles. The highest BCUT2D eigenvalue weighted by Gasteiger charge is 2.16. The van der Waals surface area contributed by atoms with E-state index in [-0.39, 0.29) is 31.8 Å². The number of amides is 1. The largest absolute Gasteiger partial charge is 0.399 e. The lowest BCUT2D eigenvalue weighted by atomic mass is 10.1. The second-order valence-electron chi connectivity index (χ2n) is 4.00. The summed E-state index contributed by atoms with van der Waals surface area (Å²) in [7, 11) is 0. The molecule has 1 rings (SSSR count). The summed E-state index contributed by atoms with van der Waals surface area (Å²) in [5, 5.41) is 17.2. The molecule has 0 atom stereocenters. The molecule has 0 radical (unpaired) electrons. The number of benzene rings is 1. The number of carbonyl (C=O) groups excluding carboxylic acids is 1. The molecular weight excluding hydrogens is 242 g/mol. The van der Waals surface area contributed by atoms with E-state index in [0.29, 0.717) is 16.9 Å². The molecule has 98 valence electrons. The number of anilines is 2. The Hall–Kier alpha value is -2.73. The lowest BCUT2D eigenvalue weighted by molar-refractivity contribution is 0.0762. The van der Waals surface area contributed by atoms with Gasteiger partial charge in [0, 0.05) is 30.0 Å². The Morgan fingerprint density at radius 1 is 1.05 bits per heavy atom. The van der Waals surface area contributed by atoms with Crippen LogP contribution in [-0.2, 0) is 0 Å². The van der Waals surface area contributed by atoms with Crippen molar-refractivity contribution >= 4 is 17.3 Å². The van der Waals surface area contributed by atoms with Crippen molar-refractivity contribution in [2.24, 2.45) is 0 Å². The van der Waals surface area contributed by atoms with E-state index in [1.54, 1.807) is 6.07 Å². The van der Waals surface area contributed by atoms with E-state index in [9.17, 15) is 4.79 Å². The van der Waals surface area contributed by atoms with E-state index in [4.69, 9.17) is 22.0 Å². The second kappa shape index (κ2) is 6.87. The molecule has 19 heavy (non-hydrogen) atoms. The standard InChI is InChI=1S/C13H15N5O/c14-3-1-5-18(6-2-4-15)13(19)10-7-11(16)9-12(17)8-10/h7-9H,1-2,5-6,16-17H2. The predicted molar refractivity (Wildman–Crippen MR) is 71.6 cm³/mol. The number of carbonyl (C=O) groups is 1. The molecule has 1 aromatic carbocycles. The molecule has 0 aliphatic rings. The Balaban J connectivity index is 2.91. The molecule has 0 unspecified atom stereocenters. The second-order valence-corrected chi connectivity index (χ2v) is 4.00. The van der Waals surface area contributed by atoms with Crippen LogP contribution in [0.2, 0.25) is 0 Å². The van der Waals surface area contributed by atoms with Gasteiger partial charge in [-0.25, -0.2) is 0 Å². The summed E-state index contributed by atoms with van der Waals surface area (Å²) in [4.78, 5) is 13.7. The highest BCUT2D eigenvalue weighted by molar-refractivity contribution is 5.96. The minimum atomic E-state index is -0.274. The third kappa shape index (κ3) is 4.21. The van der Waals surface area contributed by atoms with Crippen LogP contribution in [0.25, 0.3) is 0 Å². The molecule has 1 aromatic rings. The maximum atomic E-state index is 12.3. The van der Waals surface area contributed by atoms with Crippen LogP contribution in [0.5, 0.6) is 0 Å². The van der Waals surface area contributed by atoms with E-state index < -0.39 is 0 Å². The zero-order chi connectivity index (χ0) is 14.3. The Labute approximate surface area is 111 Å². The average Bonchev–Trinajstić information content (AvgIpc) is 2.37. The molecule has 0 aliphatic carbocycles. The van der Waals surface area contributed by atoms with Gasteiger partial charge >= 0.3 is 0 Å². The monoisotopic (exact) mass is 257 g/mol. The maximum absolute atomic E-state index is 12.3. The molecule has 1 amide bonds. The van der Waals surface area contributed by atoms with Crippen LogP contribution < -0.4 is 11.5 Å². The number of hydrogen-bond donors (Lipinski definition) is 2. The predicted octanol–water partition coefficient (Wildman–Crippen LogP) is 1.12. The summed E-state index contributed by atoms with van der Waals surface area (Å²) in [6, 6.07) is 8.58. The molecular formula is C13H15N5O. The molecule has 0 bridgehead atoms. The third-order valence-corrected chi connectivity index (χ3v) is 2.50. The van der Waals surface area contributed by atoms with Gasteiger partial charge in [-0.05, 0) is 18.2 Å². The average molecular weight is 257 g/mol. The van der Waals surface area contributed by atoms with Crippen molar-refractivity contribution in [2.75, 3.05) is 24.6 Å². The summed E-state index contributed by atoms with van der Waals surface area (Å²) < 4.78 is 0. The molecule has 0 saturated heterocycles. The normalized spacial score (nSPS) is 9.37. The number of nitrogen functional groups attached to an aromatic ring is 2. The van der Waals surface area contributed by atoms with Crippen LogP contribution >= 0.6 is 0 Å². The van der Waals surface area contributed by atoms with Crippen molar-refractivity contribution in [2.45, 2.75) is 12.8 Å². The van der Waals surface area contributed by atoms with Gasteiger partial charge in [0.2, 0.25) is 0 Å². The van der Waals surface area contributed by atoms with Crippen molar-refractivity contribution in [1.29, 1.82) is 10.5 Å². The van der Waals surface area contributed by atoms with Gasteiger partial charge in [0.15, 0.2) is 0 Å². The summed E-state index contributed by atoms with van der Waals surface area (Å²) in [5.41, 5.74) is 12.5. The number of nitrogens with zero attached hydrogens (tertiary/aromatic N) is 3. The first kappa shape index (κ1) is 14.3. The SMILES string of the molecule is N#CCCN(CCC#N)C(=O)c1cc(N)cc(N)c1. The molecule has 6 nitrogen and oxygen atoms in total. The Morgan fingerprint density at radius 2 is 1.53 bits per heavy atom. The van der Waals surface area contributed by atoms with E-state index >= 15 is 0 Å². The van der Waals surface area contributed by atoms with Crippen molar-refractivity contribution in [3.05, 3.63) is 23.8 Å². The van der Waals surface area contributed by atoms with Crippen molar-refractivity contribution in [3.8, 4) is 12.1 Å². The number of nitriles is 2. The minimum Gasteiger partial charge on any atom is -0.399 e. The zero-order valence-electron chi connectivity index (χ0n) is 10.5. The molecule has 0 heterocycles. The molecule has 6 heteroatoms. The molecule has 4 N–H and O–H groups in total. The quantitative estimate of drug-likeness (QED) is 0.766. The van der Waals surface area contributed by atoms with Gasteiger partial charge in [0.25, 0.3) is 5.91 Å². The van der Waals surface area contributed by atoms with Gasteiger partial charge in [-0.2, -0.15) is 10.5 Å². The highest BCUT2D eigenvalue weighted by Crippen LogP contribution is 2.16. The van der Waals surface area contributed by atoms with Gasteiger partial charge in [-0.15, -0.1) is 0 Å². The fourth-order valence-corrected chi connectivity index (χ4v) is 1.67. The molecule has 0 fully saturated rings. The molecule has 0 aromatic heterocycles. The third-order valence-electron chi connectivity index (χ3n) is 2.50. The molecule has 0 saturated carbocycles. The van der Waals surface area contributed by atoms with Crippen molar-refractivity contribution in [1.82, 2.24) is 4.90 Å². The Morgan fingerprint density at radius 3 is 1.95 bits per heavy atom. The summed E-state index contributed by atoms with van der Waals surface area (Å²) in [5.74, 6) is -0.274. The van der Waals surface area contributed by atoms with Crippen LogP contribution in [0.15, 0.2) is 18.2 Å². The Kier molecular flexibility index (Phi) is 5.18. The first-order valence-corrected chi connectivity index (χ1v) is 5.77. The van der Waals surface area contributed by atoms with Gasteiger partial charge in [-0.3, -0.25) is 4.79 Å². The fourth-order valence-electron chi connectivity index (χ4n) is 1.67. The van der Waals surface area contributed by atoms with Crippen molar-refractivity contribution in [3.63, 3.8) is 0 Å². The number of hydrogen-bond acceptors (Lipinski definition) is 5. The minimum absolute atomic E-state index is 0.217. The van der Waals surface area contributed by atoms with E-state index in [0.717, 1.165) is 0 Å². The fraction of sp³-hybridized carbons (Fsp3) is 0.308. The number of rotatable bonds is 5. The van der Waals surface area contributed by atoms with Crippen LogP contribution in [0.1, 0.15) is 23.2 Å². The van der Waals surface area contributed by atoms with Gasteiger partial charge in [-0.1, -0.05) is 0 Å². The molecule has 0 spiro atoms. The van der Waals surface area contributed by atoms with Gasteiger partial charge in [0.05, 0.1) is 25.0 Å². The topological polar surface area (TPSA) is 120 Å². The van der Waals surface area contributed by atoms with Gasteiger partial charge < -0.3 is 16.4 Å². The lowest BCUT2D eigenvalue weighted by Gasteiger charge is -2.20. The van der Waals surface area contributed by atoms with Crippen LogP contribution in [0.4, 0.5) is 11.4 Å². The smallest absolute Gasteiger partial charge is 0.254 e.